The molecule has 0 heterocycles. The molecular formula is C7H14O2. The van der Waals surface area contributed by atoms with E-state index in [0.29, 0.717) is 13.2 Å². The average molecular weight is 130 g/mol. The second-order valence-corrected chi connectivity index (χ2v) is 1.74. The van der Waals surface area contributed by atoms with Crippen molar-refractivity contribution < 1.29 is 9.47 Å². The highest BCUT2D eigenvalue weighted by Gasteiger charge is 1.85. The van der Waals surface area contributed by atoms with Gasteiger partial charge in [-0.05, 0) is 13.8 Å². The van der Waals surface area contributed by atoms with Gasteiger partial charge in [-0.3, -0.25) is 0 Å². The van der Waals surface area contributed by atoms with Crippen LogP contribution in [-0.2, 0) is 9.47 Å². The van der Waals surface area contributed by atoms with Crippen molar-refractivity contribution in [1.82, 2.24) is 0 Å². The molecule has 0 rings (SSSR count). The van der Waals surface area contributed by atoms with Crippen LogP contribution in [0.1, 0.15) is 13.8 Å². The minimum atomic E-state index is 0.646. The third-order valence-corrected chi connectivity index (χ3v) is 1.02. The van der Waals surface area contributed by atoms with Gasteiger partial charge in [-0.1, -0.05) is 6.08 Å². The number of allylic oxidation sites excluding steroid dienone is 2. The fourth-order valence-corrected chi connectivity index (χ4v) is 0.369. The molecule has 0 bridgehead atoms. The third-order valence-electron chi connectivity index (χ3n) is 1.02. The molecule has 0 aliphatic carbocycles. The Labute approximate surface area is 56.5 Å². The first-order valence-corrected chi connectivity index (χ1v) is 3.06. The van der Waals surface area contributed by atoms with Crippen LogP contribution in [0, 0.1) is 0 Å². The van der Waals surface area contributed by atoms with E-state index in [1.54, 1.807) is 7.11 Å². The largest absolute Gasteiger partial charge is 0.496 e. The lowest BCUT2D eigenvalue weighted by atomic mass is 10.5. The molecule has 2 nitrogen and oxygen atoms in total. The molecule has 0 aromatic rings. The number of hydrogen-bond donors (Lipinski definition) is 0. The number of rotatable bonds is 4. The Balaban J connectivity index is 3.07. The molecule has 0 aromatic heterocycles. The highest BCUT2D eigenvalue weighted by atomic mass is 16.5. The first-order valence-electron chi connectivity index (χ1n) is 3.06. The van der Waals surface area contributed by atoms with E-state index in [4.69, 9.17) is 9.47 Å². The van der Waals surface area contributed by atoms with Crippen molar-refractivity contribution in [3.63, 3.8) is 0 Å². The quantitative estimate of drug-likeness (QED) is 0.425. The van der Waals surface area contributed by atoms with E-state index in [0.717, 1.165) is 5.76 Å². The van der Waals surface area contributed by atoms with E-state index < -0.39 is 0 Å². The molecule has 0 aliphatic rings. The third kappa shape index (κ3) is 5.37. The summed E-state index contributed by atoms with van der Waals surface area (Å²) < 4.78 is 9.95. The number of ether oxygens (including phenoxy) is 2. The van der Waals surface area contributed by atoms with Crippen LogP contribution in [-0.4, -0.2) is 20.3 Å². The lowest BCUT2D eigenvalue weighted by molar-refractivity contribution is 0.110. The van der Waals surface area contributed by atoms with Crippen LogP contribution in [0.2, 0.25) is 0 Å². The Bertz CT molecular complexity index is 86.9. The van der Waals surface area contributed by atoms with Crippen molar-refractivity contribution in [2.45, 2.75) is 13.8 Å². The molecule has 0 radical (unpaired) electrons. The Kier molecular flexibility index (Phi) is 5.32. The maximum atomic E-state index is 5.17. The van der Waals surface area contributed by atoms with E-state index >= 15 is 0 Å². The zero-order valence-electron chi connectivity index (χ0n) is 6.31. The van der Waals surface area contributed by atoms with E-state index in [1.807, 2.05) is 19.9 Å². The molecule has 0 aliphatic heterocycles. The predicted molar refractivity (Wildman–Crippen MR) is 37.3 cm³/mol. The fraction of sp³-hybridized carbons (Fsp3) is 0.714. The van der Waals surface area contributed by atoms with Gasteiger partial charge in [-0.25, -0.2) is 0 Å². The summed E-state index contributed by atoms with van der Waals surface area (Å²) in [6, 6.07) is 0. The molecular weight excluding hydrogens is 116 g/mol. The van der Waals surface area contributed by atoms with Gasteiger partial charge in [0.25, 0.3) is 0 Å². The zero-order valence-corrected chi connectivity index (χ0v) is 6.31. The summed E-state index contributed by atoms with van der Waals surface area (Å²) in [6.07, 6.45) is 1.93. The summed E-state index contributed by atoms with van der Waals surface area (Å²) in [6.45, 7) is 5.18. The van der Waals surface area contributed by atoms with Gasteiger partial charge in [0.05, 0.1) is 12.4 Å². The molecule has 0 spiro atoms. The highest BCUT2D eigenvalue weighted by molar-refractivity contribution is 4.83. The van der Waals surface area contributed by atoms with E-state index in [9.17, 15) is 0 Å². The Morgan fingerprint density at radius 2 is 2.11 bits per heavy atom. The molecule has 0 unspecified atom stereocenters. The Morgan fingerprint density at radius 1 is 1.44 bits per heavy atom. The first-order chi connectivity index (χ1) is 4.31. The summed E-state index contributed by atoms with van der Waals surface area (Å²) >= 11 is 0. The number of methoxy groups -OCH3 is 1. The monoisotopic (exact) mass is 130 g/mol. The highest BCUT2D eigenvalue weighted by Crippen LogP contribution is 1.92. The molecule has 0 aromatic carbocycles. The van der Waals surface area contributed by atoms with Crippen molar-refractivity contribution in [3.8, 4) is 0 Å². The van der Waals surface area contributed by atoms with Crippen LogP contribution >= 0.6 is 0 Å². The lowest BCUT2D eigenvalue weighted by Gasteiger charge is -2.03. The van der Waals surface area contributed by atoms with E-state index in [1.165, 1.54) is 0 Å². The maximum absolute atomic E-state index is 5.17. The lowest BCUT2D eigenvalue weighted by Crippen LogP contribution is -1.99. The zero-order chi connectivity index (χ0) is 7.11. The average Bonchev–Trinajstić information content (AvgIpc) is 1.89. The van der Waals surface area contributed by atoms with Crippen LogP contribution in [0.15, 0.2) is 11.8 Å². The topological polar surface area (TPSA) is 18.5 Å². The van der Waals surface area contributed by atoms with Gasteiger partial charge in [0.15, 0.2) is 0 Å². The molecule has 0 amide bonds. The molecule has 0 saturated heterocycles. The maximum Gasteiger partial charge on any atom is 0.111 e. The van der Waals surface area contributed by atoms with Crippen LogP contribution < -0.4 is 0 Å². The van der Waals surface area contributed by atoms with Gasteiger partial charge in [0.2, 0.25) is 0 Å². The molecule has 54 valence electrons. The van der Waals surface area contributed by atoms with Gasteiger partial charge >= 0.3 is 0 Å². The Morgan fingerprint density at radius 3 is 2.56 bits per heavy atom. The molecule has 0 atom stereocenters. The summed E-state index contributed by atoms with van der Waals surface area (Å²) in [7, 11) is 1.66. The fourth-order valence-electron chi connectivity index (χ4n) is 0.369. The smallest absolute Gasteiger partial charge is 0.111 e. The summed E-state index contributed by atoms with van der Waals surface area (Å²) in [5, 5.41) is 0. The SMILES string of the molecule is CC=C(C)OCCOC. The number of hydrogen-bond acceptors (Lipinski definition) is 2. The van der Waals surface area contributed by atoms with Crippen molar-refractivity contribution in [1.29, 1.82) is 0 Å². The summed E-state index contributed by atoms with van der Waals surface area (Å²) in [5.41, 5.74) is 0. The van der Waals surface area contributed by atoms with Crippen molar-refractivity contribution in [2.24, 2.45) is 0 Å². The van der Waals surface area contributed by atoms with Crippen LogP contribution in [0.5, 0.6) is 0 Å². The molecule has 0 fully saturated rings. The standard InChI is InChI=1S/C7H14O2/c1-4-7(2)9-6-5-8-3/h4H,5-6H2,1-3H3. The Hall–Kier alpha value is -0.500. The minimum absolute atomic E-state index is 0.646. The summed E-state index contributed by atoms with van der Waals surface area (Å²) in [4.78, 5) is 0. The van der Waals surface area contributed by atoms with Crippen LogP contribution in [0.3, 0.4) is 0 Å². The van der Waals surface area contributed by atoms with Crippen molar-refractivity contribution >= 4 is 0 Å². The van der Waals surface area contributed by atoms with Gasteiger partial charge in [0.1, 0.15) is 6.61 Å². The van der Waals surface area contributed by atoms with E-state index in [2.05, 4.69) is 0 Å². The first kappa shape index (κ1) is 8.50. The minimum Gasteiger partial charge on any atom is -0.496 e. The van der Waals surface area contributed by atoms with Crippen molar-refractivity contribution in [2.75, 3.05) is 20.3 Å². The van der Waals surface area contributed by atoms with Gasteiger partial charge in [-0.2, -0.15) is 0 Å². The second kappa shape index (κ2) is 5.63. The van der Waals surface area contributed by atoms with Crippen molar-refractivity contribution in [3.05, 3.63) is 11.8 Å². The van der Waals surface area contributed by atoms with Gasteiger partial charge < -0.3 is 9.47 Å². The van der Waals surface area contributed by atoms with Gasteiger partial charge in [0, 0.05) is 7.11 Å². The predicted octanol–water partition coefficient (Wildman–Crippen LogP) is 1.57. The molecule has 9 heavy (non-hydrogen) atoms. The van der Waals surface area contributed by atoms with E-state index in [-0.39, 0.29) is 0 Å². The van der Waals surface area contributed by atoms with Crippen LogP contribution in [0.4, 0.5) is 0 Å². The normalized spacial score (nSPS) is 11.7. The van der Waals surface area contributed by atoms with Gasteiger partial charge in [-0.15, -0.1) is 0 Å². The second-order valence-electron chi connectivity index (χ2n) is 1.74. The van der Waals surface area contributed by atoms with Crippen LogP contribution in [0.25, 0.3) is 0 Å². The molecule has 0 saturated carbocycles. The molecule has 2 heteroatoms. The molecule has 0 N–H and O–H groups in total. The summed E-state index contributed by atoms with van der Waals surface area (Å²) in [5.74, 6) is 0.951.